The van der Waals surface area contributed by atoms with Gasteiger partial charge in [0, 0.05) is 37.7 Å². The fourth-order valence-corrected chi connectivity index (χ4v) is 2.77. The molecule has 7 nitrogen and oxygen atoms in total. The Bertz CT molecular complexity index is 399. The molecule has 0 unspecified atom stereocenters. The summed E-state index contributed by atoms with van der Waals surface area (Å²) >= 11 is 2.01. The topological polar surface area (TPSA) is 89.2 Å². The maximum Gasteiger partial charge on any atom is 0.323 e. The van der Waals surface area contributed by atoms with Gasteiger partial charge in [0.15, 0.2) is 0 Å². The van der Waals surface area contributed by atoms with E-state index in [0.717, 1.165) is 26.2 Å². The lowest BCUT2D eigenvalue weighted by Crippen LogP contribution is -2.36. The lowest BCUT2D eigenvalue weighted by atomic mass is 10.4. The van der Waals surface area contributed by atoms with Crippen LogP contribution in [0.1, 0.15) is 6.92 Å². The van der Waals surface area contributed by atoms with Crippen molar-refractivity contribution in [2.24, 2.45) is 0 Å². The van der Waals surface area contributed by atoms with Crippen LogP contribution in [0.4, 0.5) is 11.9 Å². The molecule has 19 heavy (non-hydrogen) atoms. The average Bonchev–Trinajstić information content (AvgIpc) is 2.40. The number of nitrogens with zero attached hydrogens (tertiary/aromatic N) is 4. The van der Waals surface area contributed by atoms with E-state index in [-0.39, 0.29) is 12.0 Å². The van der Waals surface area contributed by atoms with Gasteiger partial charge >= 0.3 is 6.01 Å². The van der Waals surface area contributed by atoms with Crippen molar-refractivity contribution >= 4 is 23.7 Å². The van der Waals surface area contributed by atoms with Crippen LogP contribution < -0.4 is 15.8 Å². The van der Waals surface area contributed by atoms with Gasteiger partial charge in [0.25, 0.3) is 0 Å². The van der Waals surface area contributed by atoms with Gasteiger partial charge < -0.3 is 15.8 Å². The fraction of sp³-hybridized carbons (Fsp3) is 0.727. The molecule has 1 fully saturated rings. The number of nitrogens with one attached hydrogen (secondary N) is 1. The van der Waals surface area contributed by atoms with Crippen molar-refractivity contribution in [3.05, 3.63) is 0 Å². The number of ether oxygens (including phenoxy) is 1. The van der Waals surface area contributed by atoms with E-state index in [1.165, 1.54) is 11.5 Å². The Morgan fingerprint density at radius 3 is 2.84 bits per heavy atom. The molecule has 0 spiro atoms. The van der Waals surface area contributed by atoms with Gasteiger partial charge in [-0.05, 0) is 6.92 Å². The largest absolute Gasteiger partial charge is 0.464 e. The zero-order valence-corrected chi connectivity index (χ0v) is 11.9. The molecule has 0 aliphatic carbocycles. The highest BCUT2D eigenvalue weighted by Gasteiger charge is 2.10. The lowest BCUT2D eigenvalue weighted by molar-refractivity contribution is 0.310. The SMILES string of the molecule is CCOc1nc(N)nc(NCCN2CCSCC2)n1. The summed E-state index contributed by atoms with van der Waals surface area (Å²) in [6, 6.07) is 0.270. The van der Waals surface area contributed by atoms with E-state index in [1.807, 2.05) is 18.7 Å². The van der Waals surface area contributed by atoms with Crippen molar-refractivity contribution in [1.29, 1.82) is 0 Å². The Morgan fingerprint density at radius 1 is 1.32 bits per heavy atom. The molecule has 0 atom stereocenters. The predicted octanol–water partition coefficient (Wildman–Crippen LogP) is 0.313. The highest BCUT2D eigenvalue weighted by atomic mass is 32.2. The third kappa shape index (κ3) is 4.71. The highest BCUT2D eigenvalue weighted by Crippen LogP contribution is 2.10. The average molecular weight is 284 g/mol. The molecule has 1 aromatic heterocycles. The van der Waals surface area contributed by atoms with Gasteiger partial charge in [0.05, 0.1) is 6.61 Å². The molecule has 1 saturated heterocycles. The number of anilines is 2. The summed E-state index contributed by atoms with van der Waals surface area (Å²) in [7, 11) is 0. The second-order valence-corrected chi connectivity index (χ2v) is 5.34. The highest BCUT2D eigenvalue weighted by molar-refractivity contribution is 7.99. The standard InChI is InChI=1S/C11H20N6OS/c1-2-18-11-15-9(12)14-10(16-11)13-3-4-17-5-7-19-8-6-17/h2-8H2,1H3,(H3,12,13,14,15,16). The second kappa shape index (κ2) is 7.34. The Morgan fingerprint density at radius 2 is 2.11 bits per heavy atom. The van der Waals surface area contributed by atoms with Crippen molar-refractivity contribution in [3.8, 4) is 6.01 Å². The lowest BCUT2D eigenvalue weighted by Gasteiger charge is -2.25. The Kier molecular flexibility index (Phi) is 5.46. The first kappa shape index (κ1) is 14.1. The van der Waals surface area contributed by atoms with Crippen molar-refractivity contribution < 1.29 is 4.74 Å². The number of hydrogen-bond donors (Lipinski definition) is 2. The number of nitrogens with two attached hydrogens (primary N) is 1. The predicted molar refractivity (Wildman–Crippen MR) is 77.7 cm³/mol. The first-order chi connectivity index (χ1) is 9.28. The molecule has 1 aromatic rings. The van der Waals surface area contributed by atoms with Crippen LogP contribution in [0.25, 0.3) is 0 Å². The minimum Gasteiger partial charge on any atom is -0.464 e. The van der Waals surface area contributed by atoms with Crippen molar-refractivity contribution in [2.75, 3.05) is 55.3 Å². The molecule has 0 bridgehead atoms. The van der Waals surface area contributed by atoms with E-state index >= 15 is 0 Å². The third-order valence-electron chi connectivity index (χ3n) is 2.72. The van der Waals surface area contributed by atoms with E-state index in [1.54, 1.807) is 0 Å². The van der Waals surface area contributed by atoms with E-state index in [9.17, 15) is 0 Å². The number of nitrogen functional groups attached to an aromatic ring is 1. The Balaban J connectivity index is 1.81. The maximum absolute atomic E-state index is 5.61. The van der Waals surface area contributed by atoms with Crippen LogP contribution in [0.5, 0.6) is 6.01 Å². The molecule has 1 aliphatic heterocycles. The summed E-state index contributed by atoms with van der Waals surface area (Å²) in [5, 5.41) is 3.16. The molecule has 0 saturated carbocycles. The summed E-state index contributed by atoms with van der Waals surface area (Å²) in [5.74, 6) is 3.08. The summed E-state index contributed by atoms with van der Waals surface area (Å²) in [5.41, 5.74) is 5.61. The normalized spacial score (nSPS) is 16.3. The van der Waals surface area contributed by atoms with E-state index < -0.39 is 0 Å². The molecule has 0 radical (unpaired) electrons. The van der Waals surface area contributed by atoms with Gasteiger partial charge in [-0.15, -0.1) is 0 Å². The summed E-state index contributed by atoms with van der Waals surface area (Å²) in [6.07, 6.45) is 0. The summed E-state index contributed by atoms with van der Waals surface area (Å²) < 4.78 is 5.23. The van der Waals surface area contributed by atoms with Gasteiger partial charge in [-0.25, -0.2) is 0 Å². The molecular weight excluding hydrogens is 264 g/mol. The van der Waals surface area contributed by atoms with Gasteiger partial charge in [-0.3, -0.25) is 4.90 Å². The van der Waals surface area contributed by atoms with Gasteiger partial charge in [0.2, 0.25) is 11.9 Å². The minimum atomic E-state index is 0.176. The molecule has 0 aromatic carbocycles. The zero-order valence-electron chi connectivity index (χ0n) is 11.1. The second-order valence-electron chi connectivity index (χ2n) is 4.11. The minimum absolute atomic E-state index is 0.176. The first-order valence-corrected chi connectivity index (χ1v) is 7.61. The molecular formula is C11H20N6OS. The Labute approximate surface area is 117 Å². The number of thioether (sulfide) groups is 1. The molecule has 106 valence electrons. The molecule has 0 amide bonds. The van der Waals surface area contributed by atoms with Crippen molar-refractivity contribution in [2.45, 2.75) is 6.92 Å². The Hall–Kier alpha value is -1.28. The monoisotopic (exact) mass is 284 g/mol. The molecule has 8 heteroatoms. The summed E-state index contributed by atoms with van der Waals surface area (Å²) in [6.45, 7) is 6.46. The van der Waals surface area contributed by atoms with Crippen LogP contribution in [-0.2, 0) is 0 Å². The number of rotatable bonds is 6. The smallest absolute Gasteiger partial charge is 0.323 e. The molecule has 2 heterocycles. The van der Waals surface area contributed by atoms with E-state index in [0.29, 0.717) is 12.6 Å². The third-order valence-corrected chi connectivity index (χ3v) is 3.66. The van der Waals surface area contributed by atoms with Crippen LogP contribution in [0.3, 0.4) is 0 Å². The molecule has 3 N–H and O–H groups in total. The van der Waals surface area contributed by atoms with Gasteiger partial charge in [-0.1, -0.05) is 0 Å². The van der Waals surface area contributed by atoms with E-state index in [2.05, 4.69) is 25.2 Å². The van der Waals surface area contributed by atoms with Crippen LogP contribution in [0.15, 0.2) is 0 Å². The van der Waals surface area contributed by atoms with Crippen molar-refractivity contribution in [3.63, 3.8) is 0 Å². The first-order valence-electron chi connectivity index (χ1n) is 6.46. The van der Waals surface area contributed by atoms with E-state index in [4.69, 9.17) is 10.5 Å². The molecule has 1 aliphatic rings. The van der Waals surface area contributed by atoms with Crippen LogP contribution >= 0.6 is 11.8 Å². The maximum atomic E-state index is 5.61. The van der Waals surface area contributed by atoms with Crippen LogP contribution in [-0.4, -0.2) is 64.1 Å². The number of hydrogen-bond acceptors (Lipinski definition) is 8. The number of aromatic nitrogens is 3. The van der Waals surface area contributed by atoms with Crippen LogP contribution in [0, 0.1) is 0 Å². The summed E-state index contributed by atoms with van der Waals surface area (Å²) in [4.78, 5) is 14.5. The van der Waals surface area contributed by atoms with Crippen molar-refractivity contribution in [1.82, 2.24) is 19.9 Å². The van der Waals surface area contributed by atoms with Crippen LogP contribution in [0.2, 0.25) is 0 Å². The quantitative estimate of drug-likeness (QED) is 0.771. The molecule has 2 rings (SSSR count). The van der Waals surface area contributed by atoms with Gasteiger partial charge in [-0.2, -0.15) is 26.7 Å². The fourth-order valence-electron chi connectivity index (χ4n) is 1.80. The van der Waals surface area contributed by atoms with Gasteiger partial charge in [0.1, 0.15) is 0 Å². The zero-order chi connectivity index (χ0) is 13.5.